The summed E-state index contributed by atoms with van der Waals surface area (Å²) in [6.07, 6.45) is 1.56. The molecule has 1 aliphatic rings. The molecule has 3 atom stereocenters. The number of carbonyl (C=O) groups is 1. The van der Waals surface area contributed by atoms with Crippen LogP contribution in [0.5, 0.6) is 5.75 Å². The quantitative estimate of drug-likeness (QED) is 0.598. The van der Waals surface area contributed by atoms with Gasteiger partial charge in [0.05, 0.1) is 18.3 Å². The SMILES string of the molecule is O=C(c1nn(P)cc(O)c1=O)N1CCC[C@@H]1[C@H](O)C(c1ccccc1)c1ccccc1. The molecule has 0 spiro atoms. The van der Waals surface area contributed by atoms with Gasteiger partial charge >= 0.3 is 0 Å². The van der Waals surface area contributed by atoms with Crippen molar-refractivity contribution in [3.63, 3.8) is 0 Å². The monoisotopic (exact) mass is 437 g/mol. The number of likely N-dealkylation sites (tertiary alicyclic amines) is 1. The van der Waals surface area contributed by atoms with Crippen molar-refractivity contribution in [2.24, 2.45) is 0 Å². The number of hydrogen-bond donors (Lipinski definition) is 2. The van der Waals surface area contributed by atoms with Gasteiger partial charge in [-0.2, -0.15) is 5.10 Å². The molecule has 2 heterocycles. The molecule has 8 heteroatoms. The lowest BCUT2D eigenvalue weighted by molar-refractivity contribution is 0.0430. The summed E-state index contributed by atoms with van der Waals surface area (Å²) in [6, 6.07) is 18.9. The summed E-state index contributed by atoms with van der Waals surface area (Å²) in [4.78, 5) is 27.0. The third-order valence-electron chi connectivity index (χ3n) is 5.73. The second kappa shape index (κ2) is 9.00. The van der Waals surface area contributed by atoms with Crippen LogP contribution in [0.4, 0.5) is 0 Å². The minimum atomic E-state index is -0.883. The number of aliphatic hydroxyl groups excluding tert-OH is 1. The van der Waals surface area contributed by atoms with E-state index in [9.17, 15) is 19.8 Å². The lowest BCUT2D eigenvalue weighted by Gasteiger charge is -2.34. The van der Waals surface area contributed by atoms with Crippen LogP contribution >= 0.6 is 9.39 Å². The van der Waals surface area contributed by atoms with Crippen molar-refractivity contribution in [3.05, 3.63) is 93.9 Å². The van der Waals surface area contributed by atoms with Crippen LogP contribution in [-0.2, 0) is 0 Å². The van der Waals surface area contributed by atoms with Gasteiger partial charge in [-0.05, 0) is 33.4 Å². The van der Waals surface area contributed by atoms with Gasteiger partial charge in [0, 0.05) is 12.5 Å². The smallest absolute Gasteiger partial charge is 0.278 e. The van der Waals surface area contributed by atoms with E-state index in [1.165, 1.54) is 4.90 Å². The maximum atomic E-state index is 13.2. The molecule has 1 unspecified atom stereocenters. The average Bonchev–Trinajstić information content (AvgIpc) is 3.27. The van der Waals surface area contributed by atoms with Crippen LogP contribution in [0.3, 0.4) is 0 Å². The summed E-state index contributed by atoms with van der Waals surface area (Å²) in [5, 5.41) is 25.3. The Hall–Kier alpha value is -3.02. The third kappa shape index (κ3) is 4.24. The highest BCUT2D eigenvalue weighted by Gasteiger charge is 2.40. The van der Waals surface area contributed by atoms with E-state index in [4.69, 9.17) is 0 Å². The first-order chi connectivity index (χ1) is 15.0. The number of hydrogen-bond acceptors (Lipinski definition) is 5. The average molecular weight is 437 g/mol. The predicted molar refractivity (Wildman–Crippen MR) is 120 cm³/mol. The number of rotatable bonds is 5. The van der Waals surface area contributed by atoms with Crippen molar-refractivity contribution in [2.45, 2.75) is 30.9 Å². The number of amides is 1. The predicted octanol–water partition coefficient (Wildman–Crippen LogP) is 2.38. The second-order valence-corrected chi connectivity index (χ2v) is 8.20. The van der Waals surface area contributed by atoms with Crippen molar-refractivity contribution in [1.82, 2.24) is 14.5 Å². The highest BCUT2D eigenvalue weighted by Crippen LogP contribution is 2.34. The van der Waals surface area contributed by atoms with Crippen molar-refractivity contribution < 1.29 is 15.0 Å². The summed E-state index contributed by atoms with van der Waals surface area (Å²) in [6.45, 7) is 0.407. The fourth-order valence-corrected chi connectivity index (χ4v) is 4.56. The molecule has 2 aromatic carbocycles. The molecule has 0 aliphatic carbocycles. The van der Waals surface area contributed by atoms with Crippen LogP contribution in [0.2, 0.25) is 0 Å². The first kappa shape index (κ1) is 21.2. The first-order valence-corrected chi connectivity index (χ1v) is 10.7. The Labute approximate surface area is 182 Å². The minimum absolute atomic E-state index is 0.337. The molecule has 31 heavy (non-hydrogen) atoms. The van der Waals surface area contributed by atoms with Crippen molar-refractivity contribution in [2.75, 3.05) is 6.54 Å². The Balaban J connectivity index is 1.70. The lowest BCUT2D eigenvalue weighted by atomic mass is 9.83. The van der Waals surface area contributed by atoms with Crippen molar-refractivity contribution >= 4 is 15.3 Å². The van der Waals surface area contributed by atoms with E-state index in [2.05, 4.69) is 14.5 Å². The molecule has 1 saturated heterocycles. The highest BCUT2D eigenvalue weighted by atomic mass is 31.0. The van der Waals surface area contributed by atoms with E-state index < -0.39 is 29.2 Å². The Kier molecular flexibility index (Phi) is 6.16. The summed E-state index contributed by atoms with van der Waals surface area (Å²) in [5.74, 6) is -1.47. The molecule has 1 fully saturated rings. The number of carbonyl (C=O) groups excluding carboxylic acids is 1. The van der Waals surface area contributed by atoms with Gasteiger partial charge < -0.3 is 15.1 Å². The van der Waals surface area contributed by atoms with Gasteiger partial charge in [0.2, 0.25) is 0 Å². The van der Waals surface area contributed by atoms with Crippen LogP contribution in [0.1, 0.15) is 40.4 Å². The molecular weight excluding hydrogens is 413 g/mol. The van der Waals surface area contributed by atoms with Crippen molar-refractivity contribution in [1.29, 1.82) is 0 Å². The fourth-order valence-electron chi connectivity index (χ4n) is 4.30. The van der Waals surface area contributed by atoms with E-state index >= 15 is 0 Å². The Morgan fingerprint density at radius 2 is 1.65 bits per heavy atom. The zero-order valence-electron chi connectivity index (χ0n) is 16.8. The maximum Gasteiger partial charge on any atom is 0.278 e. The number of aliphatic hydroxyl groups is 1. The molecule has 0 radical (unpaired) electrons. The summed E-state index contributed by atoms with van der Waals surface area (Å²) in [7, 11) is 2.20. The van der Waals surface area contributed by atoms with E-state index in [0.717, 1.165) is 21.8 Å². The molecule has 0 bridgehead atoms. The van der Waals surface area contributed by atoms with Crippen LogP contribution in [0, 0.1) is 0 Å². The van der Waals surface area contributed by atoms with E-state index in [1.54, 1.807) is 0 Å². The van der Waals surface area contributed by atoms with Gasteiger partial charge in [-0.1, -0.05) is 60.7 Å². The summed E-state index contributed by atoms with van der Waals surface area (Å²) < 4.78 is 1.15. The molecule has 3 aromatic rings. The van der Waals surface area contributed by atoms with Gasteiger partial charge in [0.1, 0.15) is 0 Å². The van der Waals surface area contributed by atoms with Crippen LogP contribution in [0.15, 0.2) is 71.7 Å². The molecule has 1 aliphatic heterocycles. The molecule has 0 saturated carbocycles. The van der Waals surface area contributed by atoms with Gasteiger partial charge in [-0.15, -0.1) is 0 Å². The van der Waals surface area contributed by atoms with Gasteiger partial charge in [0.25, 0.3) is 11.3 Å². The van der Waals surface area contributed by atoms with Crippen LogP contribution in [0.25, 0.3) is 0 Å². The molecule has 4 rings (SSSR count). The van der Waals surface area contributed by atoms with E-state index in [1.807, 2.05) is 60.7 Å². The van der Waals surface area contributed by atoms with E-state index in [-0.39, 0.29) is 11.6 Å². The van der Waals surface area contributed by atoms with Crippen LogP contribution < -0.4 is 5.43 Å². The zero-order valence-corrected chi connectivity index (χ0v) is 18.0. The molecule has 160 valence electrons. The first-order valence-electron chi connectivity index (χ1n) is 10.1. The number of nitrogens with zero attached hydrogens (tertiary/aromatic N) is 3. The Bertz CT molecular complexity index is 1080. The van der Waals surface area contributed by atoms with Crippen LogP contribution in [-0.4, -0.2) is 49.3 Å². The Morgan fingerprint density at radius 3 is 2.23 bits per heavy atom. The standard InChI is InChI=1S/C23H24N3O4P/c27-18-14-26(31)24-20(22(18)29)23(30)25-13-7-12-17(25)21(28)19(15-8-3-1-4-9-15)16-10-5-2-6-11-16/h1-6,8-11,14,17,19,21,27-28H,7,12-13,31H2/t17-,21+/m1/s1. The summed E-state index contributed by atoms with van der Waals surface area (Å²) >= 11 is 0. The second-order valence-electron chi connectivity index (χ2n) is 7.67. The fraction of sp³-hybridized carbons (Fsp3) is 0.261. The van der Waals surface area contributed by atoms with Gasteiger partial charge in [-0.25, -0.2) is 0 Å². The Morgan fingerprint density at radius 1 is 1.06 bits per heavy atom. The largest absolute Gasteiger partial charge is 0.503 e. The number of aromatic hydroxyl groups is 1. The minimum Gasteiger partial charge on any atom is -0.503 e. The molecule has 7 nitrogen and oxygen atoms in total. The molecular formula is C23H24N3O4P. The van der Waals surface area contributed by atoms with Crippen molar-refractivity contribution in [3.8, 4) is 5.75 Å². The van der Waals surface area contributed by atoms with Gasteiger partial charge in [0.15, 0.2) is 11.4 Å². The topological polar surface area (TPSA) is 95.7 Å². The highest BCUT2D eigenvalue weighted by molar-refractivity contribution is 7.14. The lowest BCUT2D eigenvalue weighted by Crippen LogP contribution is -2.46. The van der Waals surface area contributed by atoms with Gasteiger partial charge in [-0.3, -0.25) is 14.0 Å². The summed E-state index contributed by atoms with van der Waals surface area (Å²) in [5.41, 5.74) is 0.725. The molecule has 2 N–H and O–H groups in total. The normalized spacial score (nSPS) is 17.1. The molecule has 1 amide bonds. The van der Waals surface area contributed by atoms with E-state index in [0.29, 0.717) is 19.4 Å². The number of benzene rings is 2. The maximum absolute atomic E-state index is 13.2. The third-order valence-corrected chi connectivity index (χ3v) is 6.00. The zero-order chi connectivity index (χ0) is 22.0. The number of aromatic nitrogens is 2. The molecule has 1 aromatic heterocycles.